The highest BCUT2D eigenvalue weighted by atomic mass is 16.5. The second kappa shape index (κ2) is 6.18. The fraction of sp³-hybridized carbons (Fsp3) is 0.357. The summed E-state index contributed by atoms with van der Waals surface area (Å²) in [5.41, 5.74) is 7.81. The Labute approximate surface area is 117 Å². The minimum Gasteiger partial charge on any atom is -0.464 e. The molecule has 0 amide bonds. The molecule has 106 valence electrons. The number of pyridine rings is 1. The fourth-order valence-electron chi connectivity index (χ4n) is 1.85. The molecule has 0 bridgehead atoms. The standard InChI is InChI=1S/C14H18N4O2/c1-3-4-6-18-7-5-12(17-18)10-8-11(15)13(16-9-10)14(19)20-2/h5,7-9H,3-4,6,15H2,1-2H3. The molecule has 0 radical (unpaired) electrons. The van der Waals surface area contributed by atoms with Gasteiger partial charge in [-0.2, -0.15) is 5.10 Å². The van der Waals surface area contributed by atoms with Crippen molar-refractivity contribution in [3.63, 3.8) is 0 Å². The van der Waals surface area contributed by atoms with E-state index in [1.54, 1.807) is 12.3 Å². The molecule has 0 aromatic carbocycles. The van der Waals surface area contributed by atoms with Crippen molar-refractivity contribution in [2.24, 2.45) is 0 Å². The van der Waals surface area contributed by atoms with Gasteiger partial charge < -0.3 is 10.5 Å². The number of carbonyl (C=O) groups excluding carboxylic acids is 1. The molecule has 0 spiro atoms. The molecule has 0 saturated heterocycles. The zero-order valence-electron chi connectivity index (χ0n) is 11.7. The number of nitrogens with two attached hydrogens (primary N) is 1. The van der Waals surface area contributed by atoms with Gasteiger partial charge in [-0.1, -0.05) is 13.3 Å². The van der Waals surface area contributed by atoms with Crippen LogP contribution >= 0.6 is 0 Å². The van der Waals surface area contributed by atoms with Gasteiger partial charge in [-0.15, -0.1) is 0 Å². The van der Waals surface area contributed by atoms with Crippen LogP contribution < -0.4 is 5.73 Å². The fourth-order valence-corrected chi connectivity index (χ4v) is 1.85. The first kappa shape index (κ1) is 14.0. The number of aryl methyl sites for hydroxylation is 1. The first-order chi connectivity index (χ1) is 9.65. The molecule has 2 heterocycles. The predicted molar refractivity (Wildman–Crippen MR) is 76.1 cm³/mol. The zero-order chi connectivity index (χ0) is 14.5. The number of hydrogen-bond acceptors (Lipinski definition) is 5. The van der Waals surface area contributed by atoms with Gasteiger partial charge in [0, 0.05) is 24.5 Å². The van der Waals surface area contributed by atoms with Crippen molar-refractivity contribution in [2.45, 2.75) is 26.3 Å². The van der Waals surface area contributed by atoms with E-state index in [4.69, 9.17) is 5.73 Å². The highest BCUT2D eigenvalue weighted by Crippen LogP contribution is 2.21. The maximum Gasteiger partial charge on any atom is 0.358 e. The Balaban J connectivity index is 2.23. The van der Waals surface area contributed by atoms with Gasteiger partial charge in [0.1, 0.15) is 0 Å². The number of hydrogen-bond donors (Lipinski definition) is 1. The molecule has 0 atom stereocenters. The van der Waals surface area contributed by atoms with Crippen LogP contribution in [0.25, 0.3) is 11.3 Å². The second-order valence-electron chi connectivity index (χ2n) is 4.47. The van der Waals surface area contributed by atoms with Crippen molar-refractivity contribution in [1.82, 2.24) is 14.8 Å². The number of aromatic nitrogens is 3. The molecule has 0 aliphatic carbocycles. The van der Waals surface area contributed by atoms with Crippen molar-refractivity contribution >= 4 is 11.7 Å². The van der Waals surface area contributed by atoms with Gasteiger partial charge >= 0.3 is 5.97 Å². The average Bonchev–Trinajstić information content (AvgIpc) is 2.93. The molecule has 2 aromatic heterocycles. The summed E-state index contributed by atoms with van der Waals surface area (Å²) in [5.74, 6) is -0.539. The molecule has 0 saturated carbocycles. The molecule has 0 fully saturated rings. The van der Waals surface area contributed by atoms with Crippen LogP contribution in [0.3, 0.4) is 0 Å². The third kappa shape index (κ3) is 2.96. The van der Waals surface area contributed by atoms with Crippen LogP contribution in [0.2, 0.25) is 0 Å². The Morgan fingerprint density at radius 3 is 2.95 bits per heavy atom. The summed E-state index contributed by atoms with van der Waals surface area (Å²) in [6, 6.07) is 3.59. The van der Waals surface area contributed by atoms with Crippen LogP contribution in [0.1, 0.15) is 30.3 Å². The lowest BCUT2D eigenvalue weighted by Crippen LogP contribution is -2.08. The van der Waals surface area contributed by atoms with Crippen LogP contribution in [0.15, 0.2) is 24.5 Å². The molecule has 0 aliphatic heterocycles. The SMILES string of the molecule is CCCCn1ccc(-c2cnc(C(=O)OC)c(N)c2)n1. The van der Waals surface area contributed by atoms with Gasteiger partial charge in [-0.05, 0) is 18.6 Å². The van der Waals surface area contributed by atoms with Crippen molar-refractivity contribution in [3.05, 3.63) is 30.2 Å². The third-order valence-electron chi connectivity index (χ3n) is 2.97. The van der Waals surface area contributed by atoms with Crippen molar-refractivity contribution in [2.75, 3.05) is 12.8 Å². The van der Waals surface area contributed by atoms with Gasteiger partial charge in [0.05, 0.1) is 18.5 Å². The maximum absolute atomic E-state index is 11.4. The van der Waals surface area contributed by atoms with E-state index in [-0.39, 0.29) is 11.4 Å². The number of unbranched alkanes of at least 4 members (excludes halogenated alkanes) is 1. The van der Waals surface area contributed by atoms with Gasteiger partial charge in [0.15, 0.2) is 5.69 Å². The molecule has 20 heavy (non-hydrogen) atoms. The summed E-state index contributed by atoms with van der Waals surface area (Å²) in [7, 11) is 1.30. The lowest BCUT2D eigenvalue weighted by atomic mass is 10.2. The van der Waals surface area contributed by atoms with Crippen molar-refractivity contribution in [3.8, 4) is 11.3 Å². The van der Waals surface area contributed by atoms with E-state index >= 15 is 0 Å². The van der Waals surface area contributed by atoms with E-state index in [1.807, 2.05) is 16.9 Å². The third-order valence-corrected chi connectivity index (χ3v) is 2.97. The summed E-state index contributed by atoms with van der Waals surface area (Å²) < 4.78 is 6.50. The summed E-state index contributed by atoms with van der Waals surface area (Å²) >= 11 is 0. The molecule has 2 rings (SSSR count). The van der Waals surface area contributed by atoms with Gasteiger partial charge in [-0.25, -0.2) is 9.78 Å². The van der Waals surface area contributed by atoms with E-state index < -0.39 is 5.97 Å². The topological polar surface area (TPSA) is 83.0 Å². The maximum atomic E-state index is 11.4. The molecule has 0 aliphatic rings. The highest BCUT2D eigenvalue weighted by molar-refractivity contribution is 5.93. The molecule has 6 nitrogen and oxygen atoms in total. The first-order valence-corrected chi connectivity index (χ1v) is 6.53. The van der Waals surface area contributed by atoms with Crippen LogP contribution in [-0.2, 0) is 11.3 Å². The molecule has 2 N–H and O–H groups in total. The van der Waals surface area contributed by atoms with Crippen LogP contribution in [0, 0.1) is 0 Å². The van der Waals surface area contributed by atoms with Crippen LogP contribution in [-0.4, -0.2) is 27.8 Å². The summed E-state index contributed by atoms with van der Waals surface area (Å²) in [6.07, 6.45) is 5.71. The van der Waals surface area contributed by atoms with E-state index in [0.29, 0.717) is 0 Å². The average molecular weight is 274 g/mol. The summed E-state index contributed by atoms with van der Waals surface area (Å²) in [5, 5.41) is 4.46. The predicted octanol–water partition coefficient (Wildman–Crippen LogP) is 2.11. The Morgan fingerprint density at radius 2 is 2.30 bits per heavy atom. The van der Waals surface area contributed by atoms with Crippen LogP contribution in [0.4, 0.5) is 5.69 Å². The number of anilines is 1. The number of methoxy groups -OCH3 is 1. The second-order valence-corrected chi connectivity index (χ2v) is 4.47. The van der Waals surface area contributed by atoms with E-state index in [0.717, 1.165) is 30.6 Å². The first-order valence-electron chi connectivity index (χ1n) is 6.53. The van der Waals surface area contributed by atoms with E-state index in [1.165, 1.54) is 7.11 Å². The molecule has 0 unspecified atom stereocenters. The van der Waals surface area contributed by atoms with Crippen LogP contribution in [0.5, 0.6) is 0 Å². The van der Waals surface area contributed by atoms with Gasteiger partial charge in [-0.3, -0.25) is 4.68 Å². The number of nitrogen functional groups attached to an aromatic ring is 1. The molecule has 2 aromatic rings. The Hall–Kier alpha value is -2.37. The quantitative estimate of drug-likeness (QED) is 0.844. The Kier molecular flexibility index (Phi) is 4.34. The number of rotatable bonds is 5. The van der Waals surface area contributed by atoms with Crippen molar-refractivity contribution in [1.29, 1.82) is 0 Å². The normalized spacial score (nSPS) is 10.5. The number of nitrogens with zero attached hydrogens (tertiary/aromatic N) is 3. The lowest BCUT2D eigenvalue weighted by molar-refractivity contribution is 0.0595. The van der Waals surface area contributed by atoms with Gasteiger partial charge in [0.25, 0.3) is 0 Å². The van der Waals surface area contributed by atoms with E-state index in [9.17, 15) is 4.79 Å². The minimum absolute atomic E-state index is 0.127. The number of esters is 1. The van der Waals surface area contributed by atoms with Crippen molar-refractivity contribution < 1.29 is 9.53 Å². The molecular formula is C14H18N4O2. The largest absolute Gasteiger partial charge is 0.464 e. The number of ether oxygens (including phenoxy) is 1. The minimum atomic E-state index is -0.539. The lowest BCUT2D eigenvalue weighted by Gasteiger charge is -2.04. The molecule has 6 heteroatoms. The van der Waals surface area contributed by atoms with E-state index in [2.05, 4.69) is 21.7 Å². The highest BCUT2D eigenvalue weighted by Gasteiger charge is 2.13. The monoisotopic (exact) mass is 274 g/mol. The summed E-state index contributed by atoms with van der Waals surface area (Å²) in [4.78, 5) is 15.5. The molecular weight excluding hydrogens is 256 g/mol. The van der Waals surface area contributed by atoms with Gasteiger partial charge in [0.2, 0.25) is 0 Å². The Bertz CT molecular complexity index is 607. The number of carbonyl (C=O) groups is 1. The summed E-state index contributed by atoms with van der Waals surface area (Å²) in [6.45, 7) is 3.03. The Morgan fingerprint density at radius 1 is 1.50 bits per heavy atom. The zero-order valence-corrected chi connectivity index (χ0v) is 11.7. The smallest absolute Gasteiger partial charge is 0.358 e.